The van der Waals surface area contributed by atoms with Crippen molar-refractivity contribution in [3.63, 3.8) is 0 Å². The number of halogens is 1. The number of aromatic nitrogens is 2. The largest absolute Gasteiger partial charge is 0.303 e. The Kier molecular flexibility index (Phi) is 4.61. The van der Waals surface area contributed by atoms with Gasteiger partial charge in [-0.2, -0.15) is 5.10 Å². The standard InChI is InChI=1S/C15H20ClN3/c1-4-19-10-13(9-17-19)11(2)18-12(3)14-7-5-6-8-15(14)16/h5-12,18H,4H2,1-3H3/t11?,12-/m0/s1. The highest BCUT2D eigenvalue weighted by Gasteiger charge is 2.14. The average molecular weight is 278 g/mol. The van der Waals surface area contributed by atoms with E-state index < -0.39 is 0 Å². The fourth-order valence-electron chi connectivity index (χ4n) is 2.16. The van der Waals surface area contributed by atoms with Gasteiger partial charge in [-0.25, -0.2) is 0 Å². The van der Waals surface area contributed by atoms with Crippen LogP contribution < -0.4 is 5.32 Å². The molecule has 2 rings (SSSR count). The summed E-state index contributed by atoms with van der Waals surface area (Å²) in [6, 6.07) is 8.39. The molecular weight excluding hydrogens is 258 g/mol. The molecule has 0 bridgehead atoms. The lowest BCUT2D eigenvalue weighted by molar-refractivity contribution is 0.494. The second kappa shape index (κ2) is 6.22. The summed E-state index contributed by atoms with van der Waals surface area (Å²) in [5.41, 5.74) is 2.32. The Morgan fingerprint density at radius 2 is 2.00 bits per heavy atom. The first-order valence-electron chi connectivity index (χ1n) is 6.64. The van der Waals surface area contributed by atoms with E-state index in [2.05, 4.69) is 43.4 Å². The predicted octanol–water partition coefficient (Wildman–Crippen LogP) is 3.97. The van der Waals surface area contributed by atoms with Crippen molar-refractivity contribution in [2.45, 2.75) is 39.4 Å². The predicted molar refractivity (Wildman–Crippen MR) is 79.3 cm³/mol. The summed E-state index contributed by atoms with van der Waals surface area (Å²) in [6.07, 6.45) is 4.00. The third-order valence-corrected chi connectivity index (χ3v) is 3.69. The van der Waals surface area contributed by atoms with Crippen molar-refractivity contribution >= 4 is 11.6 Å². The van der Waals surface area contributed by atoms with E-state index in [1.807, 2.05) is 29.1 Å². The van der Waals surface area contributed by atoms with Gasteiger partial charge in [-0.05, 0) is 32.4 Å². The minimum absolute atomic E-state index is 0.202. The van der Waals surface area contributed by atoms with E-state index in [9.17, 15) is 0 Å². The Morgan fingerprint density at radius 1 is 1.26 bits per heavy atom. The number of benzene rings is 1. The first-order valence-corrected chi connectivity index (χ1v) is 7.02. The highest BCUT2D eigenvalue weighted by atomic mass is 35.5. The Bertz CT molecular complexity index is 536. The molecular formula is C15H20ClN3. The summed E-state index contributed by atoms with van der Waals surface area (Å²) in [7, 11) is 0. The fraction of sp³-hybridized carbons (Fsp3) is 0.400. The van der Waals surface area contributed by atoms with Crippen LogP contribution in [0.2, 0.25) is 5.02 Å². The van der Waals surface area contributed by atoms with Crippen molar-refractivity contribution < 1.29 is 0 Å². The van der Waals surface area contributed by atoms with Crippen LogP contribution >= 0.6 is 11.6 Å². The molecule has 0 aliphatic heterocycles. The van der Waals surface area contributed by atoms with Gasteiger partial charge in [0.05, 0.1) is 6.20 Å². The summed E-state index contributed by atoms with van der Waals surface area (Å²) in [5, 5.41) is 8.66. The van der Waals surface area contributed by atoms with Crippen LogP contribution in [0, 0.1) is 0 Å². The van der Waals surface area contributed by atoms with E-state index in [4.69, 9.17) is 11.6 Å². The second-order valence-electron chi connectivity index (χ2n) is 4.76. The van der Waals surface area contributed by atoms with Crippen molar-refractivity contribution in [1.82, 2.24) is 15.1 Å². The third kappa shape index (κ3) is 3.37. The summed E-state index contributed by atoms with van der Waals surface area (Å²) in [4.78, 5) is 0. The summed E-state index contributed by atoms with van der Waals surface area (Å²) < 4.78 is 1.94. The topological polar surface area (TPSA) is 29.9 Å². The molecule has 0 fully saturated rings. The zero-order valence-corrected chi connectivity index (χ0v) is 12.4. The van der Waals surface area contributed by atoms with Crippen LogP contribution in [0.25, 0.3) is 0 Å². The van der Waals surface area contributed by atoms with Crippen LogP contribution in [0.3, 0.4) is 0 Å². The molecule has 1 aromatic carbocycles. The van der Waals surface area contributed by atoms with Crippen LogP contribution in [0.4, 0.5) is 0 Å². The number of nitrogens with zero attached hydrogens (tertiary/aromatic N) is 2. The monoisotopic (exact) mass is 277 g/mol. The molecule has 2 aromatic rings. The van der Waals surface area contributed by atoms with Gasteiger partial charge in [0.1, 0.15) is 0 Å². The first-order chi connectivity index (χ1) is 9.11. The van der Waals surface area contributed by atoms with Crippen molar-refractivity contribution in [1.29, 1.82) is 0 Å². The van der Waals surface area contributed by atoms with Crippen LogP contribution in [-0.4, -0.2) is 9.78 Å². The minimum atomic E-state index is 0.202. The summed E-state index contributed by atoms with van der Waals surface area (Å²) in [6.45, 7) is 7.25. The normalized spacial score (nSPS) is 14.3. The Balaban J connectivity index is 2.06. The molecule has 1 unspecified atom stereocenters. The fourth-order valence-corrected chi connectivity index (χ4v) is 2.46. The summed E-state index contributed by atoms with van der Waals surface area (Å²) in [5.74, 6) is 0. The number of hydrogen-bond acceptors (Lipinski definition) is 2. The highest BCUT2D eigenvalue weighted by molar-refractivity contribution is 6.31. The molecule has 1 aromatic heterocycles. The Morgan fingerprint density at radius 3 is 2.63 bits per heavy atom. The van der Waals surface area contributed by atoms with Crippen LogP contribution in [0.5, 0.6) is 0 Å². The molecule has 0 amide bonds. The molecule has 102 valence electrons. The van der Waals surface area contributed by atoms with Crippen molar-refractivity contribution in [3.8, 4) is 0 Å². The maximum atomic E-state index is 6.22. The van der Waals surface area contributed by atoms with E-state index in [-0.39, 0.29) is 12.1 Å². The lowest BCUT2D eigenvalue weighted by atomic mass is 10.1. The quantitative estimate of drug-likeness (QED) is 0.896. The zero-order valence-electron chi connectivity index (χ0n) is 11.6. The molecule has 0 radical (unpaired) electrons. The van der Waals surface area contributed by atoms with Gasteiger partial charge in [-0.15, -0.1) is 0 Å². The van der Waals surface area contributed by atoms with Gasteiger partial charge in [0.15, 0.2) is 0 Å². The zero-order chi connectivity index (χ0) is 13.8. The SMILES string of the molecule is CCn1cc(C(C)N[C@@H](C)c2ccccc2Cl)cn1. The van der Waals surface area contributed by atoms with Gasteiger partial charge in [-0.1, -0.05) is 29.8 Å². The van der Waals surface area contributed by atoms with Crippen molar-refractivity contribution in [2.24, 2.45) is 0 Å². The van der Waals surface area contributed by atoms with Gasteiger partial charge in [0, 0.05) is 35.4 Å². The Hall–Kier alpha value is -1.32. The maximum absolute atomic E-state index is 6.22. The Labute approximate surface area is 119 Å². The van der Waals surface area contributed by atoms with Gasteiger partial charge < -0.3 is 5.32 Å². The van der Waals surface area contributed by atoms with Crippen molar-refractivity contribution in [2.75, 3.05) is 0 Å². The first kappa shape index (κ1) is 14.1. The lowest BCUT2D eigenvalue weighted by Crippen LogP contribution is -2.22. The van der Waals surface area contributed by atoms with E-state index in [1.54, 1.807) is 0 Å². The number of hydrogen-bond donors (Lipinski definition) is 1. The molecule has 1 heterocycles. The number of nitrogens with one attached hydrogen (secondary N) is 1. The summed E-state index contributed by atoms with van der Waals surface area (Å²) >= 11 is 6.22. The van der Waals surface area contributed by atoms with E-state index in [1.165, 1.54) is 5.56 Å². The molecule has 19 heavy (non-hydrogen) atoms. The van der Waals surface area contributed by atoms with E-state index >= 15 is 0 Å². The molecule has 0 aliphatic rings. The molecule has 4 heteroatoms. The number of rotatable bonds is 5. The lowest BCUT2D eigenvalue weighted by Gasteiger charge is -2.20. The minimum Gasteiger partial charge on any atom is -0.303 e. The highest BCUT2D eigenvalue weighted by Crippen LogP contribution is 2.24. The van der Waals surface area contributed by atoms with Crippen molar-refractivity contribution in [3.05, 3.63) is 52.8 Å². The van der Waals surface area contributed by atoms with Gasteiger partial charge in [-0.3, -0.25) is 4.68 Å². The van der Waals surface area contributed by atoms with Crippen LogP contribution in [0.1, 0.15) is 44.0 Å². The van der Waals surface area contributed by atoms with E-state index in [0.717, 1.165) is 17.1 Å². The molecule has 0 saturated carbocycles. The smallest absolute Gasteiger partial charge is 0.0537 e. The van der Waals surface area contributed by atoms with Crippen LogP contribution in [0.15, 0.2) is 36.7 Å². The molecule has 0 saturated heterocycles. The molecule has 1 N–H and O–H groups in total. The molecule has 3 nitrogen and oxygen atoms in total. The van der Waals surface area contributed by atoms with Gasteiger partial charge in [0.25, 0.3) is 0 Å². The molecule has 2 atom stereocenters. The van der Waals surface area contributed by atoms with E-state index in [0.29, 0.717) is 0 Å². The average Bonchev–Trinajstić information content (AvgIpc) is 2.88. The van der Waals surface area contributed by atoms with Gasteiger partial charge in [0.2, 0.25) is 0 Å². The third-order valence-electron chi connectivity index (χ3n) is 3.35. The second-order valence-corrected chi connectivity index (χ2v) is 5.17. The maximum Gasteiger partial charge on any atom is 0.0537 e. The molecule has 0 aliphatic carbocycles. The number of aryl methyl sites for hydroxylation is 1. The molecule has 0 spiro atoms. The van der Waals surface area contributed by atoms with Gasteiger partial charge >= 0.3 is 0 Å². The van der Waals surface area contributed by atoms with Crippen LogP contribution in [-0.2, 0) is 6.54 Å².